The zero-order chi connectivity index (χ0) is 3.41. The number of rotatable bonds is 1. The molecule has 0 saturated carbocycles. The molecule has 0 aromatic rings. The third-order valence-corrected chi connectivity index (χ3v) is 0.167. The van der Waals surface area contributed by atoms with Crippen LogP contribution in [0, 0.1) is 0 Å². The zero-order valence-corrected chi connectivity index (χ0v) is 2.98. The van der Waals surface area contributed by atoms with Gasteiger partial charge < -0.3 is 0 Å². The smallest absolute Gasteiger partial charge is 0.0708 e. The van der Waals surface area contributed by atoms with Gasteiger partial charge in [0.05, 0.1) is 7.85 Å². The number of hydrogen-bond donors (Lipinski definition) is 0. The molecule has 0 nitrogen and oxygen atoms in total. The number of halogens is 1. The summed E-state index contributed by atoms with van der Waals surface area (Å²) in [5, 5.41) is 0. The van der Waals surface area contributed by atoms with Crippen molar-refractivity contribution in [2.75, 3.05) is 0 Å². The molecule has 0 heterocycles. The van der Waals surface area contributed by atoms with Crippen LogP contribution < -0.4 is 0 Å². The van der Waals surface area contributed by atoms with Gasteiger partial charge in [-0.3, -0.25) is 4.70 Å². The summed E-state index contributed by atoms with van der Waals surface area (Å²) in [7, 11) is 4.91. The fourth-order valence-corrected chi connectivity index (χ4v) is 0. The summed E-state index contributed by atoms with van der Waals surface area (Å²) >= 11 is 0. The molecule has 0 N–H and O–H groups in total. The standard InChI is InChI=1S/C3H5B.FH/c1-2-3-4;/h2H,1,3H2;1H. The summed E-state index contributed by atoms with van der Waals surface area (Å²) in [5.74, 6) is 0. The van der Waals surface area contributed by atoms with Gasteiger partial charge in [-0.2, -0.15) is 0 Å². The monoisotopic (exact) mass is 72.1 g/mol. The largest absolute Gasteiger partial charge is 0.269 e. The second-order valence-corrected chi connectivity index (χ2v) is 0.524. The van der Waals surface area contributed by atoms with E-state index in [1.807, 2.05) is 0 Å². The SMILES string of the molecule is F.[B]CC=C. The van der Waals surface area contributed by atoms with Crippen molar-refractivity contribution in [2.24, 2.45) is 0 Å². The molecule has 0 spiro atoms. The first kappa shape index (κ1) is 8.83. The molecule has 0 saturated heterocycles. The molecule has 2 radical (unpaired) electrons. The minimum Gasteiger partial charge on any atom is -0.269 e. The molecule has 0 unspecified atom stereocenters. The van der Waals surface area contributed by atoms with Crippen molar-refractivity contribution < 1.29 is 4.70 Å². The first-order valence-electron chi connectivity index (χ1n) is 1.22. The van der Waals surface area contributed by atoms with E-state index in [0.29, 0.717) is 6.32 Å². The Kier molecular flexibility index (Phi) is 16.4. The van der Waals surface area contributed by atoms with Crippen molar-refractivity contribution in [1.82, 2.24) is 0 Å². The van der Waals surface area contributed by atoms with Gasteiger partial charge in [-0.15, -0.1) is 12.7 Å². The van der Waals surface area contributed by atoms with E-state index in [0.717, 1.165) is 0 Å². The van der Waals surface area contributed by atoms with Crippen LogP contribution in [0.25, 0.3) is 0 Å². The molecule has 28 valence electrons. The van der Waals surface area contributed by atoms with Crippen molar-refractivity contribution in [2.45, 2.75) is 6.32 Å². The Morgan fingerprint density at radius 2 is 2.00 bits per heavy atom. The van der Waals surface area contributed by atoms with Crippen molar-refractivity contribution >= 4 is 7.85 Å². The normalized spacial score (nSPS) is 4.80. The second-order valence-electron chi connectivity index (χ2n) is 0.524. The lowest BCUT2D eigenvalue weighted by atomic mass is 10.1. The maximum Gasteiger partial charge on any atom is 0.0708 e. The van der Waals surface area contributed by atoms with E-state index in [4.69, 9.17) is 7.85 Å². The third kappa shape index (κ3) is 20.8. The third-order valence-electron chi connectivity index (χ3n) is 0.167. The van der Waals surface area contributed by atoms with E-state index >= 15 is 0 Å². The number of allylic oxidation sites excluding steroid dienone is 1. The molecular weight excluding hydrogens is 65.8 g/mol. The van der Waals surface area contributed by atoms with E-state index in [-0.39, 0.29) is 4.70 Å². The maximum absolute atomic E-state index is 4.91. The van der Waals surface area contributed by atoms with Crippen LogP contribution in [0.15, 0.2) is 12.7 Å². The number of hydrogen-bond acceptors (Lipinski definition) is 0. The topological polar surface area (TPSA) is 0 Å². The zero-order valence-electron chi connectivity index (χ0n) is 2.98. The van der Waals surface area contributed by atoms with Gasteiger partial charge in [0, 0.05) is 0 Å². The van der Waals surface area contributed by atoms with E-state index in [1.165, 1.54) is 0 Å². The average Bonchev–Trinajstić information content (AvgIpc) is 1.37. The molecule has 0 aliphatic heterocycles. The molecule has 5 heavy (non-hydrogen) atoms. The molecule has 0 amide bonds. The van der Waals surface area contributed by atoms with Crippen LogP contribution in [-0.4, -0.2) is 7.85 Å². The van der Waals surface area contributed by atoms with Crippen LogP contribution in [0.2, 0.25) is 6.32 Å². The summed E-state index contributed by atoms with van der Waals surface area (Å²) in [4.78, 5) is 0. The van der Waals surface area contributed by atoms with Gasteiger partial charge in [-0.25, -0.2) is 0 Å². The van der Waals surface area contributed by atoms with E-state index < -0.39 is 0 Å². The Bertz CT molecular complexity index is 20.9. The van der Waals surface area contributed by atoms with E-state index in [1.54, 1.807) is 6.08 Å². The van der Waals surface area contributed by atoms with Gasteiger partial charge >= 0.3 is 0 Å². The first-order chi connectivity index (χ1) is 1.91. The Labute approximate surface area is 32.7 Å². The van der Waals surface area contributed by atoms with Crippen LogP contribution in [0.5, 0.6) is 0 Å². The first-order valence-corrected chi connectivity index (χ1v) is 1.22. The molecule has 0 aromatic carbocycles. The predicted octanol–water partition coefficient (Wildman–Crippen LogP) is 0.912. The molecule has 0 aromatic heterocycles. The average molecular weight is 71.9 g/mol. The fraction of sp³-hybridized carbons (Fsp3) is 0.333. The molecule has 0 aliphatic rings. The second kappa shape index (κ2) is 9.28. The molecular formula is C3H6BF. The van der Waals surface area contributed by atoms with E-state index in [2.05, 4.69) is 6.58 Å². The summed E-state index contributed by atoms with van der Waals surface area (Å²) < 4.78 is 0. The summed E-state index contributed by atoms with van der Waals surface area (Å²) in [6.45, 7) is 3.35. The van der Waals surface area contributed by atoms with Crippen LogP contribution >= 0.6 is 0 Å². The Morgan fingerprint density at radius 3 is 2.00 bits per heavy atom. The van der Waals surface area contributed by atoms with Crippen molar-refractivity contribution in [3.8, 4) is 0 Å². The van der Waals surface area contributed by atoms with Crippen LogP contribution in [-0.2, 0) is 0 Å². The highest BCUT2D eigenvalue weighted by molar-refractivity contribution is 6.09. The highest BCUT2D eigenvalue weighted by Gasteiger charge is 1.46. The lowest BCUT2D eigenvalue weighted by molar-refractivity contribution is 1.11. The highest BCUT2D eigenvalue weighted by Crippen LogP contribution is 1.61. The van der Waals surface area contributed by atoms with E-state index in [9.17, 15) is 0 Å². The molecule has 0 aliphatic carbocycles. The van der Waals surface area contributed by atoms with Gasteiger partial charge in [-0.05, 0) is 0 Å². The van der Waals surface area contributed by atoms with Crippen molar-refractivity contribution in [3.05, 3.63) is 12.7 Å². The molecule has 2 heteroatoms. The van der Waals surface area contributed by atoms with Crippen molar-refractivity contribution in [1.29, 1.82) is 0 Å². The van der Waals surface area contributed by atoms with Gasteiger partial charge in [0.1, 0.15) is 0 Å². The Balaban J connectivity index is 0. The lowest BCUT2D eigenvalue weighted by Crippen LogP contribution is -1.47. The summed E-state index contributed by atoms with van der Waals surface area (Å²) in [6, 6.07) is 0. The molecule has 0 bridgehead atoms. The quantitative estimate of drug-likeness (QED) is 0.319. The summed E-state index contributed by atoms with van der Waals surface area (Å²) in [5.41, 5.74) is 0. The highest BCUT2D eigenvalue weighted by atomic mass is 19.0. The van der Waals surface area contributed by atoms with Gasteiger partial charge in [-0.1, -0.05) is 6.32 Å². The van der Waals surface area contributed by atoms with Crippen LogP contribution in [0.4, 0.5) is 4.70 Å². The van der Waals surface area contributed by atoms with Crippen LogP contribution in [0.3, 0.4) is 0 Å². The van der Waals surface area contributed by atoms with Gasteiger partial charge in [0.2, 0.25) is 0 Å². The molecule has 0 rings (SSSR count). The Morgan fingerprint density at radius 1 is 1.80 bits per heavy atom. The minimum absolute atomic E-state index is 0. The fourth-order valence-electron chi connectivity index (χ4n) is 0. The minimum atomic E-state index is 0. The van der Waals surface area contributed by atoms with Gasteiger partial charge in [0.25, 0.3) is 0 Å². The summed E-state index contributed by atoms with van der Waals surface area (Å²) in [6.07, 6.45) is 2.24. The van der Waals surface area contributed by atoms with Crippen molar-refractivity contribution in [3.63, 3.8) is 0 Å². The van der Waals surface area contributed by atoms with Gasteiger partial charge in [0.15, 0.2) is 0 Å². The van der Waals surface area contributed by atoms with Crippen LogP contribution in [0.1, 0.15) is 0 Å². The maximum atomic E-state index is 4.91. The molecule has 0 fully saturated rings. The Hall–Kier alpha value is -0.265. The predicted molar refractivity (Wildman–Crippen MR) is 23.3 cm³/mol. The molecule has 0 atom stereocenters. The lowest BCUT2D eigenvalue weighted by Gasteiger charge is -1.57.